The minimum atomic E-state index is -0.883. The molecular formula is C17H16O3. The van der Waals surface area contributed by atoms with Gasteiger partial charge in [-0.25, -0.2) is 4.79 Å². The van der Waals surface area contributed by atoms with E-state index in [9.17, 15) is 4.79 Å². The van der Waals surface area contributed by atoms with Crippen LogP contribution in [-0.4, -0.2) is 17.7 Å². The van der Waals surface area contributed by atoms with Gasteiger partial charge in [0, 0.05) is 5.92 Å². The highest BCUT2D eigenvalue weighted by atomic mass is 16.5. The summed E-state index contributed by atoms with van der Waals surface area (Å²) in [6.07, 6.45) is 1.92. The van der Waals surface area contributed by atoms with E-state index < -0.39 is 5.97 Å². The molecule has 1 aliphatic heterocycles. The normalized spacial score (nSPS) is 17.1. The molecule has 0 radical (unpaired) electrons. The Bertz CT molecular complexity index is 616. The average Bonchev–Trinajstić information content (AvgIpc) is 2.48. The highest BCUT2D eigenvalue weighted by Gasteiger charge is 2.19. The maximum atomic E-state index is 10.8. The molecule has 1 aliphatic rings. The predicted molar refractivity (Wildman–Crippen MR) is 76.2 cm³/mol. The first-order valence-electron chi connectivity index (χ1n) is 6.75. The highest BCUT2D eigenvalue weighted by Crippen LogP contribution is 2.28. The molecular weight excluding hydrogens is 252 g/mol. The van der Waals surface area contributed by atoms with E-state index in [0.717, 1.165) is 30.8 Å². The number of benzene rings is 2. The predicted octanol–water partition coefficient (Wildman–Crippen LogP) is 3.18. The third-order valence-electron chi connectivity index (χ3n) is 3.68. The second kappa shape index (κ2) is 5.37. The zero-order valence-electron chi connectivity index (χ0n) is 11.1. The lowest BCUT2D eigenvalue weighted by molar-refractivity contribution is 0.0697. The molecule has 0 saturated carbocycles. The van der Waals surface area contributed by atoms with Crippen LogP contribution in [0.2, 0.25) is 0 Å². The van der Waals surface area contributed by atoms with E-state index in [4.69, 9.17) is 9.84 Å². The molecule has 0 amide bonds. The van der Waals surface area contributed by atoms with Gasteiger partial charge in [0.2, 0.25) is 0 Å². The lowest BCUT2D eigenvalue weighted by atomic mass is 9.91. The van der Waals surface area contributed by atoms with Gasteiger partial charge in [0.15, 0.2) is 0 Å². The number of para-hydroxylation sites is 1. The van der Waals surface area contributed by atoms with Crippen molar-refractivity contribution >= 4 is 5.97 Å². The van der Waals surface area contributed by atoms with Crippen molar-refractivity contribution in [2.45, 2.75) is 12.8 Å². The maximum Gasteiger partial charge on any atom is 0.335 e. The lowest BCUT2D eigenvalue weighted by Crippen LogP contribution is -2.22. The van der Waals surface area contributed by atoms with Gasteiger partial charge in [-0.05, 0) is 42.2 Å². The summed E-state index contributed by atoms with van der Waals surface area (Å²) in [4.78, 5) is 10.8. The average molecular weight is 268 g/mol. The molecule has 3 nitrogen and oxygen atoms in total. The van der Waals surface area contributed by atoms with Crippen LogP contribution in [0.25, 0.3) is 0 Å². The Hall–Kier alpha value is -2.29. The van der Waals surface area contributed by atoms with E-state index in [1.165, 1.54) is 5.56 Å². The molecule has 0 aliphatic carbocycles. The van der Waals surface area contributed by atoms with Crippen LogP contribution in [-0.2, 0) is 12.8 Å². The molecule has 3 rings (SSSR count). The van der Waals surface area contributed by atoms with E-state index >= 15 is 0 Å². The van der Waals surface area contributed by atoms with Crippen LogP contribution in [0.1, 0.15) is 21.5 Å². The standard InChI is InChI=1S/C17H16O3/c18-17(19)14-7-5-12(6-8-14)9-13-10-15-3-1-2-4-16(15)20-11-13/h1-8,13H,9-11H2,(H,18,19). The number of fused-ring (bicyclic) bond motifs is 1. The summed E-state index contributed by atoms with van der Waals surface area (Å²) in [7, 11) is 0. The quantitative estimate of drug-likeness (QED) is 0.930. The molecule has 0 bridgehead atoms. The van der Waals surface area contributed by atoms with Crippen LogP contribution in [0, 0.1) is 5.92 Å². The fraction of sp³-hybridized carbons (Fsp3) is 0.235. The summed E-state index contributed by atoms with van der Waals surface area (Å²) < 4.78 is 5.78. The first-order chi connectivity index (χ1) is 9.72. The second-order valence-corrected chi connectivity index (χ2v) is 5.20. The van der Waals surface area contributed by atoms with Crippen molar-refractivity contribution in [1.82, 2.24) is 0 Å². The number of carboxylic acid groups (broad SMARTS) is 1. The van der Waals surface area contributed by atoms with Crippen molar-refractivity contribution in [1.29, 1.82) is 0 Å². The molecule has 2 aromatic carbocycles. The van der Waals surface area contributed by atoms with Gasteiger partial charge in [-0.2, -0.15) is 0 Å². The van der Waals surface area contributed by atoms with Crippen LogP contribution >= 0.6 is 0 Å². The Morgan fingerprint density at radius 1 is 1.15 bits per heavy atom. The van der Waals surface area contributed by atoms with E-state index in [0.29, 0.717) is 11.5 Å². The van der Waals surface area contributed by atoms with Crippen molar-refractivity contribution in [2.24, 2.45) is 5.92 Å². The van der Waals surface area contributed by atoms with E-state index in [1.807, 2.05) is 30.3 Å². The van der Waals surface area contributed by atoms with E-state index in [2.05, 4.69) is 6.07 Å². The van der Waals surface area contributed by atoms with Crippen molar-refractivity contribution < 1.29 is 14.6 Å². The molecule has 1 unspecified atom stereocenters. The largest absolute Gasteiger partial charge is 0.493 e. The minimum absolute atomic E-state index is 0.332. The minimum Gasteiger partial charge on any atom is -0.493 e. The summed E-state index contributed by atoms with van der Waals surface area (Å²) in [5.41, 5.74) is 2.74. The number of carbonyl (C=O) groups is 1. The third kappa shape index (κ3) is 2.67. The van der Waals surface area contributed by atoms with Gasteiger partial charge in [0.1, 0.15) is 5.75 Å². The van der Waals surface area contributed by atoms with Crippen molar-refractivity contribution in [3.8, 4) is 5.75 Å². The van der Waals surface area contributed by atoms with Crippen LogP contribution in [0.3, 0.4) is 0 Å². The molecule has 0 fully saturated rings. The number of hydrogen-bond donors (Lipinski definition) is 1. The summed E-state index contributed by atoms with van der Waals surface area (Å²) in [6.45, 7) is 0.720. The molecule has 0 saturated heterocycles. The molecule has 1 heterocycles. The second-order valence-electron chi connectivity index (χ2n) is 5.20. The van der Waals surface area contributed by atoms with Gasteiger partial charge in [-0.1, -0.05) is 30.3 Å². The van der Waals surface area contributed by atoms with Gasteiger partial charge in [0.25, 0.3) is 0 Å². The number of rotatable bonds is 3. The molecule has 3 heteroatoms. The SMILES string of the molecule is O=C(O)c1ccc(CC2COc3ccccc3C2)cc1. The Balaban J connectivity index is 1.69. The zero-order chi connectivity index (χ0) is 13.9. The molecule has 1 atom stereocenters. The summed E-state index contributed by atoms with van der Waals surface area (Å²) in [5.74, 6) is 0.553. The van der Waals surface area contributed by atoms with Crippen molar-refractivity contribution in [2.75, 3.05) is 6.61 Å². The van der Waals surface area contributed by atoms with Gasteiger partial charge in [-0.3, -0.25) is 0 Å². The van der Waals surface area contributed by atoms with E-state index in [-0.39, 0.29) is 0 Å². The topological polar surface area (TPSA) is 46.5 Å². The fourth-order valence-corrected chi connectivity index (χ4v) is 2.64. The first-order valence-corrected chi connectivity index (χ1v) is 6.75. The molecule has 0 aromatic heterocycles. The number of ether oxygens (including phenoxy) is 1. The zero-order valence-corrected chi connectivity index (χ0v) is 11.1. The highest BCUT2D eigenvalue weighted by molar-refractivity contribution is 5.87. The fourth-order valence-electron chi connectivity index (χ4n) is 2.64. The Labute approximate surface area is 117 Å². The molecule has 20 heavy (non-hydrogen) atoms. The van der Waals surface area contributed by atoms with Crippen molar-refractivity contribution in [3.63, 3.8) is 0 Å². The van der Waals surface area contributed by atoms with Gasteiger partial charge in [0.05, 0.1) is 12.2 Å². The van der Waals surface area contributed by atoms with Gasteiger partial charge >= 0.3 is 5.97 Å². The Kier molecular flexibility index (Phi) is 3.42. The van der Waals surface area contributed by atoms with Crippen LogP contribution in [0.4, 0.5) is 0 Å². The monoisotopic (exact) mass is 268 g/mol. The number of aromatic carboxylic acids is 1. The first kappa shape index (κ1) is 12.7. The lowest BCUT2D eigenvalue weighted by Gasteiger charge is -2.25. The summed E-state index contributed by atoms with van der Waals surface area (Å²) in [5, 5.41) is 8.89. The molecule has 2 aromatic rings. The summed E-state index contributed by atoms with van der Waals surface area (Å²) >= 11 is 0. The van der Waals surface area contributed by atoms with Gasteiger partial charge in [-0.15, -0.1) is 0 Å². The Morgan fingerprint density at radius 2 is 1.90 bits per heavy atom. The molecule has 1 N–H and O–H groups in total. The molecule has 102 valence electrons. The number of carboxylic acids is 1. The third-order valence-corrected chi connectivity index (χ3v) is 3.68. The Morgan fingerprint density at radius 3 is 2.65 bits per heavy atom. The van der Waals surface area contributed by atoms with Crippen molar-refractivity contribution in [3.05, 3.63) is 65.2 Å². The van der Waals surface area contributed by atoms with Gasteiger partial charge < -0.3 is 9.84 Å². The summed E-state index contributed by atoms with van der Waals surface area (Å²) in [6, 6.07) is 15.2. The molecule has 0 spiro atoms. The van der Waals surface area contributed by atoms with E-state index in [1.54, 1.807) is 12.1 Å². The van der Waals surface area contributed by atoms with Crippen LogP contribution in [0.15, 0.2) is 48.5 Å². The maximum absolute atomic E-state index is 10.8. The number of hydrogen-bond acceptors (Lipinski definition) is 2. The van der Waals surface area contributed by atoms with Crippen LogP contribution in [0.5, 0.6) is 5.75 Å². The smallest absolute Gasteiger partial charge is 0.335 e. The van der Waals surface area contributed by atoms with Crippen LogP contribution < -0.4 is 4.74 Å².